The number of carbonyl (C=O) groups excluding carboxylic acids is 1. The minimum absolute atomic E-state index is 0.315. The van der Waals surface area contributed by atoms with E-state index in [-0.39, 0.29) is 17.5 Å². The molecule has 0 radical (unpaired) electrons. The van der Waals surface area contributed by atoms with Gasteiger partial charge in [-0.25, -0.2) is 13.8 Å². The van der Waals surface area contributed by atoms with Gasteiger partial charge in [-0.15, -0.1) is 11.3 Å². The van der Waals surface area contributed by atoms with Crippen LogP contribution in [0.5, 0.6) is 0 Å². The van der Waals surface area contributed by atoms with Gasteiger partial charge in [0.15, 0.2) is 5.13 Å². The minimum Gasteiger partial charge on any atom is -0.331 e. The molecule has 0 aliphatic rings. The Labute approximate surface area is 172 Å². The number of aromatic nitrogens is 2. The maximum absolute atomic E-state index is 13.6. The first-order valence-electron chi connectivity index (χ1n) is 8.75. The molecular weight excluding hydrogens is 412 g/mol. The first-order valence-corrected chi connectivity index (χ1v) is 10.4. The van der Waals surface area contributed by atoms with Crippen LogP contribution in [0.25, 0.3) is 20.4 Å². The second kappa shape index (κ2) is 7.06. The van der Waals surface area contributed by atoms with Crippen LogP contribution in [0.2, 0.25) is 0 Å². The van der Waals surface area contributed by atoms with Crippen LogP contribution < -0.4 is 5.32 Å². The quantitative estimate of drug-likeness (QED) is 0.390. The maximum atomic E-state index is 13.6. The Kier molecular flexibility index (Phi) is 4.37. The van der Waals surface area contributed by atoms with Gasteiger partial charge in [-0.05, 0) is 53.4 Å². The summed E-state index contributed by atoms with van der Waals surface area (Å²) in [4.78, 5) is 17.3. The molecule has 5 rings (SSSR count). The Morgan fingerprint density at radius 2 is 1.90 bits per heavy atom. The lowest BCUT2D eigenvalue weighted by Gasteiger charge is -2.10. The third-order valence-electron chi connectivity index (χ3n) is 4.56. The molecular formula is C21H13F2N3OS2. The minimum atomic E-state index is -0.344. The van der Waals surface area contributed by atoms with Gasteiger partial charge in [0.2, 0.25) is 0 Å². The fourth-order valence-corrected chi connectivity index (χ4v) is 4.97. The number of thiophene rings is 1. The summed E-state index contributed by atoms with van der Waals surface area (Å²) in [6.45, 7) is 0.367. The van der Waals surface area contributed by atoms with Crippen LogP contribution in [0.3, 0.4) is 0 Å². The van der Waals surface area contributed by atoms with E-state index < -0.39 is 0 Å². The normalized spacial score (nSPS) is 11.4. The highest BCUT2D eigenvalue weighted by molar-refractivity contribution is 7.22. The number of halogens is 2. The van der Waals surface area contributed by atoms with E-state index in [0.717, 1.165) is 15.8 Å². The van der Waals surface area contributed by atoms with Crippen molar-refractivity contribution >= 4 is 54.1 Å². The lowest BCUT2D eigenvalue weighted by molar-refractivity contribution is 0.101. The Morgan fingerprint density at radius 3 is 2.76 bits per heavy atom. The molecule has 3 aromatic heterocycles. The van der Waals surface area contributed by atoms with Crippen molar-refractivity contribution < 1.29 is 13.6 Å². The van der Waals surface area contributed by atoms with E-state index in [1.165, 1.54) is 46.9 Å². The van der Waals surface area contributed by atoms with Gasteiger partial charge >= 0.3 is 0 Å². The van der Waals surface area contributed by atoms with Gasteiger partial charge in [-0.3, -0.25) is 10.1 Å². The Hall–Kier alpha value is -3.10. The van der Waals surface area contributed by atoms with Crippen molar-refractivity contribution in [3.63, 3.8) is 0 Å². The second-order valence-electron chi connectivity index (χ2n) is 6.50. The van der Waals surface area contributed by atoms with Crippen LogP contribution in [-0.2, 0) is 6.54 Å². The van der Waals surface area contributed by atoms with Crippen molar-refractivity contribution in [2.75, 3.05) is 5.32 Å². The standard InChI is InChI=1S/C21H13F2N3OS2/c22-13-3-1-2-12(8-13)11-26-16-6-7-28-19(16)10-17(26)20(27)25-21-24-15-5-4-14(23)9-18(15)29-21/h1-10H,11H2,(H,24,25,27). The van der Waals surface area contributed by atoms with Crippen LogP contribution >= 0.6 is 22.7 Å². The van der Waals surface area contributed by atoms with Crippen LogP contribution in [0.4, 0.5) is 13.9 Å². The summed E-state index contributed by atoms with van der Waals surface area (Å²) >= 11 is 2.75. The molecule has 144 valence electrons. The summed E-state index contributed by atoms with van der Waals surface area (Å²) in [5.74, 6) is -0.975. The number of rotatable bonds is 4. The first-order chi connectivity index (χ1) is 14.1. The Morgan fingerprint density at radius 1 is 1.03 bits per heavy atom. The summed E-state index contributed by atoms with van der Waals surface area (Å²) in [5, 5.41) is 5.17. The van der Waals surface area contributed by atoms with Crippen LogP contribution in [0.1, 0.15) is 16.1 Å². The van der Waals surface area contributed by atoms with Crippen molar-refractivity contribution in [3.8, 4) is 0 Å². The van der Waals surface area contributed by atoms with Gasteiger partial charge in [0.25, 0.3) is 5.91 Å². The van der Waals surface area contributed by atoms with Gasteiger partial charge in [0.1, 0.15) is 17.3 Å². The zero-order valence-electron chi connectivity index (χ0n) is 14.9. The zero-order valence-corrected chi connectivity index (χ0v) is 16.5. The monoisotopic (exact) mass is 425 g/mol. The number of hydrogen-bond acceptors (Lipinski definition) is 4. The van der Waals surface area contributed by atoms with Crippen molar-refractivity contribution in [1.82, 2.24) is 9.55 Å². The van der Waals surface area contributed by atoms with Crippen molar-refractivity contribution in [3.05, 3.63) is 82.9 Å². The number of benzene rings is 2. The second-order valence-corrected chi connectivity index (χ2v) is 8.48. The van der Waals surface area contributed by atoms with Crippen molar-refractivity contribution in [2.24, 2.45) is 0 Å². The zero-order chi connectivity index (χ0) is 20.0. The number of nitrogens with one attached hydrogen (secondary N) is 1. The van der Waals surface area contributed by atoms with E-state index in [4.69, 9.17) is 0 Å². The summed E-state index contributed by atoms with van der Waals surface area (Å²) < 4.78 is 30.5. The van der Waals surface area contributed by atoms with Crippen molar-refractivity contribution in [2.45, 2.75) is 6.54 Å². The molecule has 0 aliphatic heterocycles. The predicted molar refractivity (Wildman–Crippen MR) is 113 cm³/mol. The van der Waals surface area contributed by atoms with E-state index in [2.05, 4.69) is 10.3 Å². The fraction of sp³-hybridized carbons (Fsp3) is 0.0476. The summed E-state index contributed by atoms with van der Waals surface area (Å²) in [7, 11) is 0. The molecule has 0 saturated heterocycles. The number of thiazole rings is 1. The number of hydrogen-bond donors (Lipinski definition) is 1. The van der Waals surface area contributed by atoms with Gasteiger partial charge < -0.3 is 4.57 Å². The van der Waals surface area contributed by atoms with E-state index in [9.17, 15) is 13.6 Å². The predicted octanol–water partition coefficient (Wildman–Crippen LogP) is 5.89. The molecule has 5 aromatic rings. The fourth-order valence-electron chi connectivity index (χ4n) is 3.27. The number of nitrogens with zero attached hydrogens (tertiary/aromatic N) is 2. The number of carbonyl (C=O) groups is 1. The lowest BCUT2D eigenvalue weighted by Crippen LogP contribution is -2.17. The highest BCUT2D eigenvalue weighted by Crippen LogP contribution is 2.29. The maximum Gasteiger partial charge on any atom is 0.274 e. The average molecular weight is 425 g/mol. The van der Waals surface area contributed by atoms with Crippen molar-refractivity contribution in [1.29, 1.82) is 0 Å². The molecule has 0 saturated carbocycles. The van der Waals surface area contributed by atoms with E-state index >= 15 is 0 Å². The van der Waals surface area contributed by atoms with Gasteiger partial charge in [-0.2, -0.15) is 0 Å². The molecule has 0 aliphatic carbocycles. The third kappa shape index (κ3) is 3.41. The molecule has 1 N–H and O–H groups in total. The lowest BCUT2D eigenvalue weighted by atomic mass is 10.2. The molecule has 0 unspecified atom stereocenters. The molecule has 3 heterocycles. The number of amides is 1. The molecule has 4 nitrogen and oxygen atoms in total. The molecule has 0 spiro atoms. The van der Waals surface area contributed by atoms with E-state index in [1.807, 2.05) is 28.1 Å². The topological polar surface area (TPSA) is 46.9 Å². The van der Waals surface area contributed by atoms with Gasteiger partial charge in [-0.1, -0.05) is 23.5 Å². The van der Waals surface area contributed by atoms with Crippen LogP contribution in [0.15, 0.2) is 60.0 Å². The average Bonchev–Trinajstić information content (AvgIpc) is 3.37. The molecule has 0 bridgehead atoms. The molecule has 0 fully saturated rings. The highest BCUT2D eigenvalue weighted by Gasteiger charge is 2.18. The highest BCUT2D eigenvalue weighted by atomic mass is 32.1. The third-order valence-corrected chi connectivity index (χ3v) is 6.34. The van der Waals surface area contributed by atoms with Gasteiger partial charge in [0.05, 0.1) is 20.4 Å². The largest absolute Gasteiger partial charge is 0.331 e. The van der Waals surface area contributed by atoms with E-state index in [0.29, 0.717) is 27.6 Å². The molecule has 0 atom stereocenters. The number of anilines is 1. The smallest absolute Gasteiger partial charge is 0.274 e. The Bertz CT molecular complexity index is 1370. The van der Waals surface area contributed by atoms with Gasteiger partial charge in [0, 0.05) is 6.54 Å². The van der Waals surface area contributed by atoms with Crippen LogP contribution in [-0.4, -0.2) is 15.5 Å². The SMILES string of the molecule is O=C(Nc1nc2ccc(F)cc2s1)c1cc2sccc2n1Cc1cccc(F)c1. The molecule has 2 aromatic carbocycles. The summed E-state index contributed by atoms with van der Waals surface area (Å²) in [6, 6.07) is 14.4. The van der Waals surface area contributed by atoms with E-state index in [1.54, 1.807) is 12.1 Å². The molecule has 8 heteroatoms. The summed E-state index contributed by atoms with van der Waals surface area (Å²) in [5.41, 5.74) is 2.76. The summed E-state index contributed by atoms with van der Waals surface area (Å²) in [6.07, 6.45) is 0. The molecule has 1 amide bonds. The molecule has 29 heavy (non-hydrogen) atoms. The Balaban J connectivity index is 1.50. The first kappa shape index (κ1) is 18.0. The number of fused-ring (bicyclic) bond motifs is 2. The van der Waals surface area contributed by atoms with Crippen LogP contribution in [0, 0.1) is 11.6 Å².